The van der Waals surface area contributed by atoms with E-state index < -0.39 is 0 Å². The van der Waals surface area contributed by atoms with Crippen LogP contribution in [0, 0.1) is 5.41 Å². The number of pyridine rings is 1. The van der Waals surface area contributed by atoms with Gasteiger partial charge in [-0.25, -0.2) is 0 Å². The van der Waals surface area contributed by atoms with E-state index in [1.807, 2.05) is 57.3 Å². The molecule has 272 valence electrons. The molecule has 1 aliphatic rings. The average molecular weight is 685 g/mol. The van der Waals surface area contributed by atoms with E-state index in [0.717, 1.165) is 89.8 Å². The minimum absolute atomic E-state index is 0.0131. The molecule has 3 aromatic rings. The van der Waals surface area contributed by atoms with Crippen LogP contribution in [0.2, 0.25) is 0 Å². The van der Waals surface area contributed by atoms with Crippen molar-refractivity contribution in [2.75, 3.05) is 58.7 Å². The number of anilines is 1. The Labute approximate surface area is 301 Å². The molecule has 4 N–H and O–H groups in total. The number of nitrogens with zero attached hydrogens (tertiary/aromatic N) is 3. The van der Waals surface area contributed by atoms with Crippen LogP contribution in [0.3, 0.4) is 0 Å². The van der Waals surface area contributed by atoms with Gasteiger partial charge in [0.25, 0.3) is 0 Å². The molecule has 1 saturated heterocycles. The van der Waals surface area contributed by atoms with Crippen LogP contribution in [0.25, 0.3) is 16.5 Å². The summed E-state index contributed by atoms with van der Waals surface area (Å²) in [6.45, 7) is 32.1. The molecule has 2 aromatic carbocycles. The van der Waals surface area contributed by atoms with Crippen molar-refractivity contribution in [3.8, 4) is 11.5 Å². The predicted octanol–water partition coefficient (Wildman–Crippen LogP) is 8.89. The van der Waals surface area contributed by atoms with E-state index in [2.05, 4.69) is 103 Å². The van der Waals surface area contributed by atoms with Crippen LogP contribution in [0.4, 0.5) is 5.69 Å². The number of benzene rings is 2. The number of aromatic nitrogens is 1. The summed E-state index contributed by atoms with van der Waals surface area (Å²) in [4.78, 5) is 9.37. The van der Waals surface area contributed by atoms with Crippen molar-refractivity contribution >= 4 is 22.2 Å². The lowest BCUT2D eigenvalue weighted by Gasteiger charge is -2.36. The molecule has 50 heavy (non-hydrogen) atoms. The zero-order chi connectivity index (χ0) is 37.3. The van der Waals surface area contributed by atoms with E-state index >= 15 is 0 Å². The average Bonchev–Trinajstić information content (AvgIpc) is 3.12. The van der Waals surface area contributed by atoms with Crippen LogP contribution in [0.15, 0.2) is 110 Å². The van der Waals surface area contributed by atoms with Crippen LogP contribution < -0.4 is 20.7 Å². The molecular weight excluding hydrogens is 624 g/mol. The Kier molecular flexibility index (Phi) is 17.2. The Bertz CT molecular complexity index is 1610. The molecule has 9 heteroatoms. The van der Waals surface area contributed by atoms with Crippen molar-refractivity contribution < 1.29 is 14.6 Å². The predicted molar refractivity (Wildman–Crippen MR) is 212 cm³/mol. The molecule has 0 aliphatic carbocycles. The number of piperazine rings is 1. The van der Waals surface area contributed by atoms with Crippen LogP contribution in [-0.2, 0) is 4.74 Å². The molecule has 1 fully saturated rings. The van der Waals surface area contributed by atoms with Crippen molar-refractivity contribution in [2.45, 2.75) is 48.5 Å². The Morgan fingerprint density at radius 1 is 1.02 bits per heavy atom. The number of aliphatic hydroxyl groups excluding tert-OH is 1. The summed E-state index contributed by atoms with van der Waals surface area (Å²) in [5, 5.41) is 19.4. The molecular formula is C41H60N6O3. The maximum atomic E-state index is 7.33. The highest BCUT2D eigenvalue weighted by atomic mass is 16.5. The molecule has 1 aliphatic heterocycles. The topological polar surface area (TPSA) is 94.1 Å². The first-order chi connectivity index (χ1) is 23.9. The van der Waals surface area contributed by atoms with Gasteiger partial charge < -0.3 is 40.3 Å². The van der Waals surface area contributed by atoms with Gasteiger partial charge in [0.1, 0.15) is 23.1 Å². The van der Waals surface area contributed by atoms with Crippen molar-refractivity contribution in [3.05, 3.63) is 115 Å². The summed E-state index contributed by atoms with van der Waals surface area (Å²) in [5.74, 6) is 2.90. The Morgan fingerprint density at radius 3 is 2.24 bits per heavy atom. The fourth-order valence-electron chi connectivity index (χ4n) is 5.14. The summed E-state index contributed by atoms with van der Waals surface area (Å²) in [5.41, 5.74) is 4.75. The Balaban J connectivity index is 0.00000164. The summed E-state index contributed by atoms with van der Waals surface area (Å²) in [7, 11) is 3.59. The summed E-state index contributed by atoms with van der Waals surface area (Å²) in [6, 6.07) is 16.1. The SMILES string of the molecule is C=C(NC(/C=C(\C)C(C)(C)C)=C(/CNC)OC)Nc1ccc(Oc2ccnc(C(=C)N3CCN(CC)CC3)c2)c2ccccc12.C=CO.CC. The molecule has 0 spiro atoms. The lowest BCUT2D eigenvalue weighted by molar-refractivity contribution is 0.183. The third kappa shape index (κ3) is 12.0. The van der Waals surface area contributed by atoms with E-state index in [1.165, 1.54) is 5.57 Å². The smallest absolute Gasteiger partial charge is 0.135 e. The highest BCUT2D eigenvalue weighted by Crippen LogP contribution is 2.35. The number of ether oxygens (including phenoxy) is 2. The van der Waals surface area contributed by atoms with Crippen molar-refractivity contribution in [1.29, 1.82) is 0 Å². The fourth-order valence-corrected chi connectivity index (χ4v) is 5.14. The monoisotopic (exact) mass is 684 g/mol. The zero-order valence-corrected chi connectivity index (χ0v) is 31.8. The van der Waals surface area contributed by atoms with Crippen LogP contribution >= 0.6 is 0 Å². The third-order valence-corrected chi connectivity index (χ3v) is 8.34. The number of rotatable bonds is 13. The number of allylic oxidation sites excluding steroid dienone is 2. The van der Waals surface area contributed by atoms with E-state index in [9.17, 15) is 0 Å². The maximum absolute atomic E-state index is 7.33. The number of aliphatic hydroxyl groups is 1. The first-order valence-corrected chi connectivity index (χ1v) is 17.4. The normalized spacial score (nSPS) is 13.9. The van der Waals surface area contributed by atoms with Crippen molar-refractivity contribution in [1.82, 2.24) is 25.4 Å². The van der Waals surface area contributed by atoms with Crippen LogP contribution in [-0.4, -0.2) is 73.3 Å². The molecule has 0 atom stereocenters. The molecule has 4 rings (SSSR count). The van der Waals surface area contributed by atoms with Gasteiger partial charge in [-0.3, -0.25) is 4.98 Å². The van der Waals surface area contributed by atoms with E-state index in [4.69, 9.17) is 14.6 Å². The largest absolute Gasteiger partial charge is 0.516 e. The lowest BCUT2D eigenvalue weighted by Crippen LogP contribution is -2.45. The van der Waals surface area contributed by atoms with Gasteiger partial charge in [0.2, 0.25) is 0 Å². The first kappa shape index (κ1) is 41.4. The molecule has 0 radical (unpaired) electrons. The van der Waals surface area contributed by atoms with Gasteiger partial charge in [-0.2, -0.15) is 0 Å². The van der Waals surface area contributed by atoms with Crippen molar-refractivity contribution in [3.63, 3.8) is 0 Å². The van der Waals surface area contributed by atoms with Gasteiger partial charge in [0.15, 0.2) is 0 Å². The Hall–Kier alpha value is -4.73. The molecule has 1 aromatic heterocycles. The second-order valence-corrected chi connectivity index (χ2v) is 12.6. The summed E-state index contributed by atoms with van der Waals surface area (Å²) < 4.78 is 12.2. The number of fused-ring (bicyclic) bond motifs is 1. The molecule has 0 bridgehead atoms. The van der Waals surface area contributed by atoms with Gasteiger partial charge >= 0.3 is 0 Å². The second kappa shape index (κ2) is 20.7. The van der Waals surface area contributed by atoms with Gasteiger partial charge in [0.05, 0.1) is 37.0 Å². The number of likely N-dealkylation sites (N-methyl/N-ethyl adjacent to an activating group) is 2. The minimum atomic E-state index is 0.0131. The zero-order valence-electron chi connectivity index (χ0n) is 31.8. The number of nitrogens with one attached hydrogen (secondary N) is 3. The molecule has 0 saturated carbocycles. The van der Waals surface area contributed by atoms with Crippen LogP contribution in [0.1, 0.15) is 54.2 Å². The van der Waals surface area contributed by atoms with Gasteiger partial charge in [-0.05, 0) is 50.2 Å². The van der Waals surface area contributed by atoms with E-state index in [-0.39, 0.29) is 5.41 Å². The highest BCUT2D eigenvalue weighted by molar-refractivity contribution is 5.98. The number of hydrogen-bond donors (Lipinski definition) is 4. The number of hydrogen-bond acceptors (Lipinski definition) is 9. The summed E-state index contributed by atoms with van der Waals surface area (Å²) >= 11 is 0. The minimum Gasteiger partial charge on any atom is -0.516 e. The number of methoxy groups -OCH3 is 1. The molecule has 9 nitrogen and oxygen atoms in total. The highest BCUT2D eigenvalue weighted by Gasteiger charge is 2.19. The summed E-state index contributed by atoms with van der Waals surface area (Å²) in [6.07, 6.45) is 4.66. The van der Waals surface area contributed by atoms with Crippen LogP contribution in [0.5, 0.6) is 11.5 Å². The van der Waals surface area contributed by atoms with Crippen molar-refractivity contribution in [2.24, 2.45) is 5.41 Å². The van der Waals surface area contributed by atoms with E-state index in [0.29, 0.717) is 12.4 Å². The van der Waals surface area contributed by atoms with E-state index in [1.54, 1.807) is 13.3 Å². The lowest BCUT2D eigenvalue weighted by atomic mass is 9.87. The molecule has 0 unspecified atom stereocenters. The molecule has 2 heterocycles. The molecule has 0 amide bonds. The first-order valence-electron chi connectivity index (χ1n) is 17.4. The quantitative estimate of drug-likeness (QED) is 0.104. The van der Waals surface area contributed by atoms with Gasteiger partial charge in [-0.15, -0.1) is 0 Å². The Morgan fingerprint density at radius 2 is 1.66 bits per heavy atom. The van der Waals surface area contributed by atoms with Gasteiger partial charge in [0, 0.05) is 54.9 Å². The fraction of sp³-hybridized carbons (Fsp3) is 0.390. The maximum Gasteiger partial charge on any atom is 0.135 e. The van der Waals surface area contributed by atoms with Gasteiger partial charge in [-0.1, -0.05) is 91.1 Å². The second-order valence-electron chi connectivity index (χ2n) is 12.6. The standard InChI is InChI=1S/C37H50N6O2.C2H4O.C2H6/c1-10-42-19-21-43(22-20-42)27(3)33-24-29(17-18-39-33)45-35-16-15-32(30-13-11-12-14-31(30)35)40-28(4)41-34(36(44-9)25-38-8)23-26(2)37(5,6)7;1-2-3;1-2/h11-18,23-24,38,40-41H,3-4,10,19-22,25H2,1-2,5-9H3;2-3H,1H2;1-2H3/b26-23+,36-34-;;. The third-order valence-electron chi connectivity index (χ3n) is 8.34.